The molecule has 0 unspecified atom stereocenters. The highest BCUT2D eigenvalue weighted by molar-refractivity contribution is 5.88. The summed E-state index contributed by atoms with van der Waals surface area (Å²) in [7, 11) is 3.00. The van der Waals surface area contributed by atoms with E-state index in [2.05, 4.69) is 11.3 Å². The molecule has 0 aliphatic carbocycles. The average Bonchev–Trinajstić information content (AvgIpc) is 3.06. The SMILES string of the molecule is C=C(C(=O)OC)[C@H]1CC[C@@H](CCOCc2ccc(OC)cc2)O1. The highest BCUT2D eigenvalue weighted by Crippen LogP contribution is 2.27. The van der Waals surface area contributed by atoms with Crippen LogP contribution in [0.1, 0.15) is 24.8 Å². The lowest BCUT2D eigenvalue weighted by molar-refractivity contribution is -0.137. The molecule has 5 heteroatoms. The Kier molecular flexibility index (Phi) is 6.62. The minimum Gasteiger partial charge on any atom is -0.497 e. The molecule has 126 valence electrons. The van der Waals surface area contributed by atoms with Gasteiger partial charge in [-0.1, -0.05) is 18.7 Å². The Morgan fingerprint density at radius 1 is 1.26 bits per heavy atom. The summed E-state index contributed by atoms with van der Waals surface area (Å²) in [4.78, 5) is 11.4. The first kappa shape index (κ1) is 17.5. The lowest BCUT2D eigenvalue weighted by atomic mass is 10.1. The van der Waals surface area contributed by atoms with Gasteiger partial charge in [0.1, 0.15) is 5.75 Å². The summed E-state index contributed by atoms with van der Waals surface area (Å²) in [6.07, 6.45) is 2.40. The van der Waals surface area contributed by atoms with Gasteiger partial charge in [-0.05, 0) is 37.0 Å². The Hall–Kier alpha value is -1.85. The van der Waals surface area contributed by atoms with Crippen LogP contribution in [0, 0.1) is 0 Å². The van der Waals surface area contributed by atoms with Crippen molar-refractivity contribution in [3.05, 3.63) is 42.0 Å². The van der Waals surface area contributed by atoms with Crippen molar-refractivity contribution in [2.24, 2.45) is 0 Å². The summed E-state index contributed by atoms with van der Waals surface area (Å²) in [5.74, 6) is 0.441. The Morgan fingerprint density at radius 2 is 2.00 bits per heavy atom. The molecule has 1 aromatic rings. The standard InChI is InChI=1S/C18H24O5/c1-13(18(19)21-3)17-9-8-16(23-17)10-11-22-12-14-4-6-15(20-2)7-5-14/h4-7,16-17H,1,8-12H2,2-3H3/t16-,17+/m0/s1. The molecule has 1 saturated heterocycles. The van der Waals surface area contributed by atoms with E-state index in [0.717, 1.165) is 30.6 Å². The van der Waals surface area contributed by atoms with Crippen molar-refractivity contribution in [1.82, 2.24) is 0 Å². The largest absolute Gasteiger partial charge is 0.497 e. The molecule has 1 aliphatic rings. The van der Waals surface area contributed by atoms with E-state index in [1.54, 1.807) is 7.11 Å². The molecular weight excluding hydrogens is 296 g/mol. The summed E-state index contributed by atoms with van der Waals surface area (Å²) in [6.45, 7) is 4.93. The van der Waals surface area contributed by atoms with Gasteiger partial charge in [0.25, 0.3) is 0 Å². The van der Waals surface area contributed by atoms with Gasteiger partial charge < -0.3 is 18.9 Å². The predicted octanol–water partition coefficient (Wildman–Crippen LogP) is 2.88. The quantitative estimate of drug-likeness (QED) is 0.419. The monoisotopic (exact) mass is 320 g/mol. The molecule has 2 atom stereocenters. The van der Waals surface area contributed by atoms with E-state index >= 15 is 0 Å². The number of esters is 1. The number of carbonyl (C=O) groups excluding carboxylic acids is 1. The van der Waals surface area contributed by atoms with Gasteiger partial charge in [-0.25, -0.2) is 4.79 Å². The molecule has 0 bridgehead atoms. The van der Waals surface area contributed by atoms with E-state index < -0.39 is 5.97 Å². The molecule has 0 N–H and O–H groups in total. The van der Waals surface area contributed by atoms with E-state index in [9.17, 15) is 4.79 Å². The van der Waals surface area contributed by atoms with Gasteiger partial charge in [-0.3, -0.25) is 0 Å². The third-order valence-corrected chi connectivity index (χ3v) is 3.96. The molecule has 1 fully saturated rings. The van der Waals surface area contributed by atoms with Crippen LogP contribution in [0.15, 0.2) is 36.4 Å². The van der Waals surface area contributed by atoms with Gasteiger partial charge in [0.2, 0.25) is 0 Å². The van der Waals surface area contributed by atoms with E-state index in [1.807, 2.05) is 24.3 Å². The zero-order valence-electron chi connectivity index (χ0n) is 13.7. The van der Waals surface area contributed by atoms with Crippen LogP contribution < -0.4 is 4.74 Å². The number of carbonyl (C=O) groups is 1. The second kappa shape index (κ2) is 8.70. The number of methoxy groups -OCH3 is 2. The third kappa shape index (κ3) is 5.08. The molecule has 0 amide bonds. The average molecular weight is 320 g/mol. The Bertz CT molecular complexity index is 523. The molecule has 1 aromatic carbocycles. The minimum absolute atomic E-state index is 0.109. The Labute approximate surface area is 137 Å². The highest BCUT2D eigenvalue weighted by atomic mass is 16.5. The van der Waals surface area contributed by atoms with Crippen LogP contribution in [0.4, 0.5) is 0 Å². The molecule has 0 radical (unpaired) electrons. The van der Waals surface area contributed by atoms with Crippen LogP contribution in [0.3, 0.4) is 0 Å². The molecule has 0 spiro atoms. The minimum atomic E-state index is -0.397. The summed E-state index contributed by atoms with van der Waals surface area (Å²) in [5.41, 5.74) is 1.50. The Morgan fingerprint density at radius 3 is 2.65 bits per heavy atom. The molecule has 1 heterocycles. The summed E-state index contributed by atoms with van der Waals surface area (Å²) < 4.78 is 21.3. The van der Waals surface area contributed by atoms with E-state index in [4.69, 9.17) is 14.2 Å². The summed E-state index contributed by atoms with van der Waals surface area (Å²) in [5, 5.41) is 0. The second-order valence-electron chi connectivity index (χ2n) is 5.53. The van der Waals surface area contributed by atoms with Crippen molar-refractivity contribution in [3.63, 3.8) is 0 Å². The molecule has 1 aliphatic heterocycles. The van der Waals surface area contributed by atoms with Crippen LogP contribution in [0.2, 0.25) is 0 Å². The maximum absolute atomic E-state index is 11.4. The first-order valence-corrected chi connectivity index (χ1v) is 7.77. The summed E-state index contributed by atoms with van der Waals surface area (Å²) >= 11 is 0. The maximum atomic E-state index is 11.4. The van der Waals surface area contributed by atoms with Crippen LogP contribution in [0.25, 0.3) is 0 Å². The molecule has 2 rings (SSSR count). The van der Waals surface area contributed by atoms with E-state index in [0.29, 0.717) is 18.8 Å². The normalized spacial score (nSPS) is 20.3. The number of ether oxygens (including phenoxy) is 4. The van der Waals surface area contributed by atoms with E-state index in [-0.39, 0.29) is 12.2 Å². The molecule has 0 aromatic heterocycles. The van der Waals surface area contributed by atoms with Gasteiger partial charge in [-0.15, -0.1) is 0 Å². The summed E-state index contributed by atoms with van der Waals surface area (Å²) in [6, 6.07) is 7.81. The van der Waals surface area contributed by atoms with Crippen molar-refractivity contribution in [3.8, 4) is 5.75 Å². The number of hydrogen-bond acceptors (Lipinski definition) is 5. The highest BCUT2D eigenvalue weighted by Gasteiger charge is 2.30. The van der Waals surface area contributed by atoms with Crippen LogP contribution in [-0.4, -0.2) is 39.0 Å². The van der Waals surface area contributed by atoms with Crippen molar-refractivity contribution in [2.45, 2.75) is 38.1 Å². The van der Waals surface area contributed by atoms with Crippen molar-refractivity contribution >= 4 is 5.97 Å². The maximum Gasteiger partial charge on any atom is 0.335 e. The van der Waals surface area contributed by atoms with Gasteiger partial charge in [0.15, 0.2) is 0 Å². The molecule has 0 saturated carbocycles. The zero-order chi connectivity index (χ0) is 16.7. The first-order valence-electron chi connectivity index (χ1n) is 7.77. The molecule has 23 heavy (non-hydrogen) atoms. The lowest BCUT2D eigenvalue weighted by Gasteiger charge is -2.14. The fraction of sp³-hybridized carbons (Fsp3) is 0.500. The van der Waals surface area contributed by atoms with Gasteiger partial charge >= 0.3 is 5.97 Å². The molecule has 5 nitrogen and oxygen atoms in total. The zero-order valence-corrected chi connectivity index (χ0v) is 13.7. The van der Waals surface area contributed by atoms with Crippen molar-refractivity contribution in [1.29, 1.82) is 0 Å². The Balaban J connectivity index is 1.65. The van der Waals surface area contributed by atoms with Crippen LogP contribution >= 0.6 is 0 Å². The topological polar surface area (TPSA) is 54.0 Å². The smallest absolute Gasteiger partial charge is 0.335 e. The lowest BCUT2D eigenvalue weighted by Crippen LogP contribution is -2.20. The van der Waals surface area contributed by atoms with E-state index in [1.165, 1.54) is 7.11 Å². The number of rotatable bonds is 8. The number of benzene rings is 1. The third-order valence-electron chi connectivity index (χ3n) is 3.96. The predicted molar refractivity (Wildman–Crippen MR) is 86.3 cm³/mol. The van der Waals surface area contributed by atoms with Crippen LogP contribution in [0.5, 0.6) is 5.75 Å². The molecular formula is C18H24O5. The van der Waals surface area contributed by atoms with Crippen molar-refractivity contribution in [2.75, 3.05) is 20.8 Å². The second-order valence-corrected chi connectivity index (χ2v) is 5.53. The fourth-order valence-corrected chi connectivity index (χ4v) is 2.56. The first-order chi connectivity index (χ1) is 11.1. The number of hydrogen-bond donors (Lipinski definition) is 0. The van der Waals surface area contributed by atoms with Gasteiger partial charge in [0, 0.05) is 6.61 Å². The van der Waals surface area contributed by atoms with Crippen LogP contribution in [-0.2, 0) is 25.6 Å². The van der Waals surface area contributed by atoms with Crippen molar-refractivity contribution < 1.29 is 23.7 Å². The van der Waals surface area contributed by atoms with Gasteiger partial charge in [-0.2, -0.15) is 0 Å². The fourth-order valence-electron chi connectivity index (χ4n) is 2.56. The van der Waals surface area contributed by atoms with Gasteiger partial charge in [0.05, 0.1) is 38.6 Å².